The fraction of sp³-hybridized carbons (Fsp3) is 0.389. The molecule has 0 aliphatic carbocycles. The number of hydrogen-bond acceptors (Lipinski definition) is 7. The average Bonchev–Trinajstić information content (AvgIpc) is 2.94. The number of carbonyl (C=O) groups excluding carboxylic acids is 2. The van der Waals surface area contributed by atoms with Crippen molar-refractivity contribution in [3.05, 3.63) is 29.7 Å². The minimum Gasteiger partial charge on any atom is -0.490 e. The highest BCUT2D eigenvalue weighted by Crippen LogP contribution is 2.40. The number of esters is 1. The molecule has 4 rings (SSSR count). The van der Waals surface area contributed by atoms with Crippen LogP contribution in [0.2, 0.25) is 0 Å². The predicted molar refractivity (Wildman–Crippen MR) is 92.0 cm³/mol. The topological polar surface area (TPSA) is 82.9 Å². The lowest BCUT2D eigenvalue weighted by Gasteiger charge is -2.38. The predicted octanol–water partition coefficient (Wildman–Crippen LogP) is 1.25. The lowest BCUT2D eigenvalue weighted by molar-refractivity contribution is -0.140. The molecule has 1 saturated heterocycles. The molecule has 2 aliphatic heterocycles. The Morgan fingerprint density at radius 2 is 2.11 bits per heavy atom. The number of hydrogen-bond donors (Lipinski definition) is 0. The molecule has 3 heterocycles. The number of halogens is 1. The highest BCUT2D eigenvalue weighted by Gasteiger charge is 2.28. The van der Waals surface area contributed by atoms with Crippen molar-refractivity contribution in [1.29, 1.82) is 0 Å². The molecule has 1 atom stereocenters. The molecule has 1 aromatic heterocycles. The molecule has 8 nitrogen and oxygen atoms in total. The standard InChI is InChI=1S/C18H18FN3O5/c1-10-5-7-21(10)8-6-12-16-13-9-11(19)17(25-2)18(16)26-14(23)3-4-15(24)27-22(13)20-12/h3-4,9-10H,5-8H2,1-2H3/b4-3+. The second-order valence-corrected chi connectivity index (χ2v) is 6.52. The Hall–Kier alpha value is -2.94. The molecule has 0 amide bonds. The summed E-state index contributed by atoms with van der Waals surface area (Å²) in [6.07, 6.45) is 3.48. The smallest absolute Gasteiger partial charge is 0.358 e. The molecule has 27 heavy (non-hydrogen) atoms. The van der Waals surface area contributed by atoms with Crippen molar-refractivity contribution in [3.8, 4) is 11.5 Å². The van der Waals surface area contributed by atoms with Gasteiger partial charge >= 0.3 is 11.9 Å². The van der Waals surface area contributed by atoms with E-state index in [1.807, 2.05) is 0 Å². The number of rotatable bonds is 4. The third-order valence-corrected chi connectivity index (χ3v) is 4.91. The van der Waals surface area contributed by atoms with Crippen LogP contribution in [-0.2, 0) is 16.0 Å². The maximum Gasteiger partial charge on any atom is 0.358 e. The number of methoxy groups -OCH3 is 1. The maximum atomic E-state index is 14.5. The molecule has 9 heteroatoms. The molecule has 4 bridgehead atoms. The van der Waals surface area contributed by atoms with Crippen LogP contribution >= 0.6 is 0 Å². The quantitative estimate of drug-likeness (QED) is 0.587. The van der Waals surface area contributed by atoms with Crippen LogP contribution in [0.4, 0.5) is 4.39 Å². The van der Waals surface area contributed by atoms with Gasteiger partial charge in [-0.25, -0.2) is 14.0 Å². The van der Waals surface area contributed by atoms with E-state index in [2.05, 4.69) is 16.9 Å². The first-order valence-electron chi connectivity index (χ1n) is 8.62. The van der Waals surface area contributed by atoms with Gasteiger partial charge in [0.15, 0.2) is 17.3 Å². The van der Waals surface area contributed by atoms with Crippen LogP contribution in [0.3, 0.4) is 0 Å². The molecule has 1 aromatic carbocycles. The molecule has 0 saturated carbocycles. The zero-order valence-electron chi connectivity index (χ0n) is 14.9. The van der Waals surface area contributed by atoms with Crippen molar-refractivity contribution in [1.82, 2.24) is 14.8 Å². The van der Waals surface area contributed by atoms with Crippen molar-refractivity contribution >= 4 is 22.8 Å². The number of benzene rings is 1. The van der Waals surface area contributed by atoms with Gasteiger partial charge in [0.05, 0.1) is 18.2 Å². The largest absolute Gasteiger partial charge is 0.490 e. The van der Waals surface area contributed by atoms with Crippen molar-refractivity contribution in [2.24, 2.45) is 0 Å². The monoisotopic (exact) mass is 375 g/mol. The summed E-state index contributed by atoms with van der Waals surface area (Å²) >= 11 is 0. The summed E-state index contributed by atoms with van der Waals surface area (Å²) < 4.78 is 24.9. The van der Waals surface area contributed by atoms with Crippen LogP contribution in [0, 0.1) is 5.82 Å². The summed E-state index contributed by atoms with van der Waals surface area (Å²) in [5.74, 6) is -2.68. The van der Waals surface area contributed by atoms with E-state index in [0.717, 1.165) is 42.6 Å². The molecule has 1 fully saturated rings. The number of nitrogens with zero attached hydrogens (tertiary/aromatic N) is 3. The van der Waals surface area contributed by atoms with Gasteiger partial charge in [0.25, 0.3) is 0 Å². The summed E-state index contributed by atoms with van der Waals surface area (Å²) in [5.41, 5.74) is 0.714. The summed E-state index contributed by atoms with van der Waals surface area (Å²) in [6.45, 7) is 3.87. The van der Waals surface area contributed by atoms with Gasteiger partial charge in [-0.2, -0.15) is 0 Å². The fourth-order valence-corrected chi connectivity index (χ4v) is 3.31. The molecule has 2 aliphatic rings. The Labute approximate surface area is 154 Å². The first-order chi connectivity index (χ1) is 13.0. The van der Waals surface area contributed by atoms with Crippen LogP contribution in [-0.4, -0.2) is 53.0 Å². The number of ether oxygens (including phenoxy) is 2. The van der Waals surface area contributed by atoms with Gasteiger partial charge in [0.1, 0.15) is 5.52 Å². The van der Waals surface area contributed by atoms with Crippen LogP contribution in [0.5, 0.6) is 11.5 Å². The minimum atomic E-state index is -0.839. The van der Waals surface area contributed by atoms with Crippen LogP contribution in [0.25, 0.3) is 10.9 Å². The van der Waals surface area contributed by atoms with E-state index in [0.29, 0.717) is 23.5 Å². The second-order valence-electron chi connectivity index (χ2n) is 6.52. The Kier molecular flexibility index (Phi) is 4.31. The van der Waals surface area contributed by atoms with E-state index in [9.17, 15) is 14.0 Å². The van der Waals surface area contributed by atoms with E-state index in [4.69, 9.17) is 14.3 Å². The number of carbonyl (C=O) groups is 2. The third kappa shape index (κ3) is 3.03. The van der Waals surface area contributed by atoms with Crippen LogP contribution in [0.1, 0.15) is 19.0 Å². The molecule has 1 unspecified atom stereocenters. The molecule has 0 spiro atoms. The third-order valence-electron chi connectivity index (χ3n) is 4.91. The van der Waals surface area contributed by atoms with Gasteiger partial charge in [0, 0.05) is 37.2 Å². The Morgan fingerprint density at radius 3 is 2.78 bits per heavy atom. The van der Waals surface area contributed by atoms with E-state index in [1.165, 1.54) is 7.11 Å². The van der Waals surface area contributed by atoms with Gasteiger partial charge in [-0.1, -0.05) is 4.85 Å². The number of likely N-dealkylation sites (tertiary alicyclic amines) is 1. The molecule has 142 valence electrons. The molecular weight excluding hydrogens is 357 g/mol. The average molecular weight is 375 g/mol. The van der Waals surface area contributed by atoms with E-state index in [1.54, 1.807) is 0 Å². The first-order valence-corrected chi connectivity index (χ1v) is 8.62. The zero-order chi connectivity index (χ0) is 19.1. The lowest BCUT2D eigenvalue weighted by Crippen LogP contribution is -2.46. The lowest BCUT2D eigenvalue weighted by atomic mass is 10.0. The SMILES string of the molecule is COc1c(F)cc2c3c(CCN4CCC4C)nn2OC(=O)/C=C/C(=O)Oc13. The first kappa shape index (κ1) is 17.5. The minimum absolute atomic E-state index is 0.0713. The molecule has 0 N–H and O–H groups in total. The van der Waals surface area contributed by atoms with E-state index < -0.39 is 17.8 Å². The van der Waals surface area contributed by atoms with Gasteiger partial charge in [0.2, 0.25) is 0 Å². The molecule has 2 aromatic rings. The summed E-state index contributed by atoms with van der Waals surface area (Å²) in [7, 11) is 1.29. The molecular formula is C18H18FN3O5. The van der Waals surface area contributed by atoms with Crippen molar-refractivity contribution in [3.63, 3.8) is 0 Å². The Balaban J connectivity index is 1.86. The summed E-state index contributed by atoms with van der Waals surface area (Å²) in [6, 6.07) is 1.64. The maximum absolute atomic E-state index is 14.5. The Morgan fingerprint density at radius 1 is 1.33 bits per heavy atom. The molecule has 0 radical (unpaired) electrons. The van der Waals surface area contributed by atoms with Crippen molar-refractivity contribution in [2.75, 3.05) is 20.2 Å². The van der Waals surface area contributed by atoms with E-state index >= 15 is 0 Å². The Bertz CT molecular complexity index is 968. The van der Waals surface area contributed by atoms with Gasteiger partial charge in [-0.15, -0.1) is 5.10 Å². The zero-order valence-corrected chi connectivity index (χ0v) is 14.9. The fourth-order valence-electron chi connectivity index (χ4n) is 3.31. The summed E-state index contributed by atoms with van der Waals surface area (Å²) in [4.78, 5) is 32.3. The van der Waals surface area contributed by atoms with Crippen LogP contribution < -0.4 is 14.3 Å². The van der Waals surface area contributed by atoms with E-state index in [-0.39, 0.29) is 17.0 Å². The highest BCUT2D eigenvalue weighted by molar-refractivity contribution is 5.98. The van der Waals surface area contributed by atoms with Crippen molar-refractivity contribution in [2.45, 2.75) is 25.8 Å². The summed E-state index contributed by atoms with van der Waals surface area (Å²) in [5, 5.41) is 4.70. The van der Waals surface area contributed by atoms with Crippen molar-refractivity contribution < 1.29 is 28.3 Å². The van der Waals surface area contributed by atoms with Gasteiger partial charge in [-0.3, -0.25) is 0 Å². The second kappa shape index (κ2) is 6.66. The van der Waals surface area contributed by atoms with Gasteiger partial charge < -0.3 is 19.2 Å². The normalized spacial score (nSPS) is 20.9. The highest BCUT2D eigenvalue weighted by atomic mass is 19.1. The van der Waals surface area contributed by atoms with Crippen LogP contribution in [0.15, 0.2) is 18.2 Å². The van der Waals surface area contributed by atoms with Gasteiger partial charge in [-0.05, 0) is 19.9 Å². The number of aromatic nitrogens is 2.